The van der Waals surface area contributed by atoms with Crippen LogP contribution in [0.5, 0.6) is 0 Å². The molecule has 4 rings (SSSR count). The molecular weight excluding hydrogens is 512 g/mol. The van der Waals surface area contributed by atoms with Crippen molar-refractivity contribution in [2.24, 2.45) is 46.3 Å². The summed E-state index contributed by atoms with van der Waals surface area (Å²) in [4.78, 5) is 12.8. The number of alkyl carbamates (subject to hydrolysis) is 1. The Morgan fingerprint density at radius 2 is 1.76 bits per heavy atom. The van der Waals surface area contributed by atoms with Gasteiger partial charge in [0.25, 0.3) is 0 Å². The van der Waals surface area contributed by atoms with Gasteiger partial charge in [-0.25, -0.2) is 4.79 Å². The van der Waals surface area contributed by atoms with Gasteiger partial charge in [-0.1, -0.05) is 72.0 Å². The minimum absolute atomic E-state index is 0.0566. The Kier molecular flexibility index (Phi) is 10.9. The SMILES string of the molecule is CC(C)CCC[C@@H](C)C1C=C2C[C@@H](OC(=O)NCC[N+](C)(CCO)CCO)CC[C@]2(C)[C@H]2CC[C@@]3(C)CCC[C@H]3[C@H]12. The third-order valence-electron chi connectivity index (χ3n) is 12.5. The van der Waals surface area contributed by atoms with Crippen LogP contribution in [0, 0.1) is 46.3 Å². The van der Waals surface area contributed by atoms with Crippen LogP contribution in [0.2, 0.25) is 0 Å². The summed E-state index contributed by atoms with van der Waals surface area (Å²) in [5.41, 5.74) is 2.37. The van der Waals surface area contributed by atoms with E-state index >= 15 is 0 Å². The fourth-order valence-corrected chi connectivity index (χ4v) is 9.82. The molecule has 6 heteroatoms. The minimum Gasteiger partial charge on any atom is -0.446 e. The fraction of sp³-hybridized carbons (Fsp3) is 0.914. The molecule has 0 aliphatic heterocycles. The highest BCUT2D eigenvalue weighted by Gasteiger charge is 2.59. The van der Waals surface area contributed by atoms with Crippen LogP contribution in [0.4, 0.5) is 4.79 Å². The number of amides is 1. The highest BCUT2D eigenvalue weighted by atomic mass is 16.6. The Hall–Kier alpha value is -1.11. The van der Waals surface area contributed by atoms with E-state index in [0.717, 1.165) is 42.9 Å². The third-order valence-corrected chi connectivity index (χ3v) is 12.5. The van der Waals surface area contributed by atoms with Crippen LogP contribution >= 0.6 is 0 Å². The second kappa shape index (κ2) is 13.7. The summed E-state index contributed by atoms with van der Waals surface area (Å²) in [5.74, 6) is 4.57. The third kappa shape index (κ3) is 7.34. The zero-order chi connectivity index (χ0) is 29.8. The smallest absolute Gasteiger partial charge is 0.407 e. The lowest BCUT2D eigenvalue weighted by atomic mass is 9.45. The lowest BCUT2D eigenvalue weighted by Gasteiger charge is -2.60. The molecule has 3 fully saturated rings. The van der Waals surface area contributed by atoms with E-state index in [1.807, 2.05) is 7.05 Å². The predicted octanol–water partition coefficient (Wildman–Crippen LogP) is 6.55. The highest BCUT2D eigenvalue weighted by Crippen LogP contribution is 2.67. The van der Waals surface area contributed by atoms with Crippen LogP contribution in [0.3, 0.4) is 0 Å². The molecule has 236 valence electrons. The Balaban J connectivity index is 1.45. The van der Waals surface area contributed by atoms with Gasteiger partial charge in [0.2, 0.25) is 0 Å². The summed E-state index contributed by atoms with van der Waals surface area (Å²) < 4.78 is 6.56. The van der Waals surface area contributed by atoms with E-state index in [1.165, 1.54) is 51.4 Å². The first-order valence-electron chi connectivity index (χ1n) is 17.2. The second-order valence-electron chi connectivity index (χ2n) is 15.8. The molecule has 0 heterocycles. The number of carbonyl (C=O) groups excluding carboxylic acids is 1. The van der Waals surface area contributed by atoms with Gasteiger partial charge >= 0.3 is 6.09 Å². The molecule has 8 atom stereocenters. The van der Waals surface area contributed by atoms with E-state index < -0.39 is 0 Å². The number of allylic oxidation sites excluding steroid dienone is 1. The number of hydrogen-bond donors (Lipinski definition) is 3. The zero-order valence-corrected chi connectivity index (χ0v) is 27.3. The number of carbonyl (C=O) groups is 1. The normalized spacial score (nSPS) is 35.7. The average molecular weight is 576 g/mol. The molecule has 0 spiro atoms. The van der Waals surface area contributed by atoms with Crippen molar-refractivity contribution in [1.29, 1.82) is 0 Å². The van der Waals surface area contributed by atoms with Crippen molar-refractivity contribution in [2.75, 3.05) is 46.4 Å². The lowest BCUT2D eigenvalue weighted by molar-refractivity contribution is -0.908. The van der Waals surface area contributed by atoms with Crippen LogP contribution in [0.1, 0.15) is 105 Å². The standard InChI is InChI=1S/C35H62N2O4/c1-25(2)9-7-10-26(3)29-24-27-23-28(41-33(40)36-17-18-37(6,19-21-38)20-22-39)12-16-35(27,5)31-13-15-34(4)14-8-11-30(34)32(29)31/h24-26,28-32,38-39H,7-23H2,1-6H3/p+1/t26-,28+,29?,30+,31+,32+,34-,35+/m1/s1. The molecule has 4 aliphatic rings. The number of nitrogens with one attached hydrogen (secondary N) is 1. The van der Waals surface area contributed by atoms with Crippen molar-refractivity contribution in [3.63, 3.8) is 0 Å². The summed E-state index contributed by atoms with van der Waals surface area (Å²) in [6.07, 6.45) is 16.3. The van der Waals surface area contributed by atoms with Gasteiger partial charge in [0.15, 0.2) is 0 Å². The fourth-order valence-electron chi connectivity index (χ4n) is 9.82. The van der Waals surface area contributed by atoms with E-state index in [0.29, 0.717) is 47.9 Å². The number of aliphatic hydroxyl groups is 2. The van der Waals surface area contributed by atoms with Crippen molar-refractivity contribution in [3.8, 4) is 0 Å². The zero-order valence-electron chi connectivity index (χ0n) is 27.3. The van der Waals surface area contributed by atoms with Crippen molar-refractivity contribution in [2.45, 2.75) is 111 Å². The van der Waals surface area contributed by atoms with E-state index in [4.69, 9.17) is 4.74 Å². The van der Waals surface area contributed by atoms with Crippen LogP contribution in [-0.2, 0) is 4.74 Å². The lowest BCUT2D eigenvalue weighted by Crippen LogP contribution is -2.53. The Labute approximate surface area is 251 Å². The Morgan fingerprint density at radius 3 is 2.44 bits per heavy atom. The molecule has 0 saturated heterocycles. The molecule has 1 amide bonds. The quantitative estimate of drug-likeness (QED) is 0.172. The van der Waals surface area contributed by atoms with Crippen LogP contribution in [0.25, 0.3) is 0 Å². The van der Waals surface area contributed by atoms with Gasteiger partial charge in [-0.05, 0) is 84.9 Å². The molecule has 3 N–H and O–H groups in total. The first-order valence-corrected chi connectivity index (χ1v) is 17.2. The number of hydrogen-bond acceptors (Lipinski definition) is 4. The maximum Gasteiger partial charge on any atom is 0.407 e. The second-order valence-corrected chi connectivity index (χ2v) is 15.8. The van der Waals surface area contributed by atoms with Gasteiger partial charge < -0.3 is 24.7 Å². The highest BCUT2D eigenvalue weighted by molar-refractivity contribution is 5.67. The largest absolute Gasteiger partial charge is 0.446 e. The van der Waals surface area contributed by atoms with Gasteiger partial charge in [0.1, 0.15) is 19.2 Å². The van der Waals surface area contributed by atoms with Crippen molar-refractivity contribution in [1.82, 2.24) is 5.32 Å². The topological polar surface area (TPSA) is 78.8 Å². The number of aliphatic hydroxyl groups excluding tert-OH is 2. The number of quaternary nitrogens is 1. The average Bonchev–Trinajstić information content (AvgIpc) is 3.30. The van der Waals surface area contributed by atoms with Crippen LogP contribution < -0.4 is 5.32 Å². The minimum atomic E-state index is -0.328. The van der Waals surface area contributed by atoms with Crippen molar-refractivity contribution < 1.29 is 24.2 Å². The molecule has 41 heavy (non-hydrogen) atoms. The van der Waals surface area contributed by atoms with Crippen molar-refractivity contribution >= 4 is 6.09 Å². The summed E-state index contributed by atoms with van der Waals surface area (Å²) >= 11 is 0. The molecule has 0 aromatic carbocycles. The molecule has 6 nitrogen and oxygen atoms in total. The number of fused-ring (bicyclic) bond motifs is 5. The molecule has 1 unspecified atom stereocenters. The summed E-state index contributed by atoms with van der Waals surface area (Å²) in [7, 11) is 2.00. The van der Waals surface area contributed by atoms with Gasteiger partial charge in [0.05, 0.1) is 33.4 Å². The van der Waals surface area contributed by atoms with Gasteiger partial charge in [-0.2, -0.15) is 0 Å². The first kappa shape index (κ1) is 32.8. The van der Waals surface area contributed by atoms with E-state index in [2.05, 4.69) is 46.0 Å². The number of likely N-dealkylation sites (N-methyl/N-ethyl adjacent to an activating group) is 1. The molecule has 4 aliphatic carbocycles. The number of rotatable bonds is 13. The maximum atomic E-state index is 12.8. The molecule has 3 saturated carbocycles. The van der Waals surface area contributed by atoms with Crippen LogP contribution in [-0.4, -0.2) is 73.3 Å². The van der Waals surface area contributed by atoms with E-state index in [9.17, 15) is 15.0 Å². The van der Waals surface area contributed by atoms with Gasteiger partial charge in [-0.15, -0.1) is 0 Å². The van der Waals surface area contributed by atoms with Gasteiger partial charge in [-0.3, -0.25) is 0 Å². The van der Waals surface area contributed by atoms with Crippen molar-refractivity contribution in [3.05, 3.63) is 11.6 Å². The monoisotopic (exact) mass is 575 g/mol. The molecule has 0 bridgehead atoms. The molecule has 0 aromatic heterocycles. The number of nitrogens with zero attached hydrogens (tertiary/aromatic N) is 1. The summed E-state index contributed by atoms with van der Waals surface area (Å²) in [6, 6.07) is 0. The first-order chi connectivity index (χ1) is 19.4. The van der Waals surface area contributed by atoms with E-state index in [-0.39, 0.29) is 30.8 Å². The summed E-state index contributed by atoms with van der Waals surface area (Å²) in [6.45, 7) is 14.8. The maximum absolute atomic E-state index is 12.8. The Morgan fingerprint density at radius 1 is 1.02 bits per heavy atom. The van der Waals surface area contributed by atoms with E-state index in [1.54, 1.807) is 5.57 Å². The number of ether oxygens (including phenoxy) is 1. The van der Waals surface area contributed by atoms with Gasteiger partial charge in [0, 0.05) is 6.42 Å². The molecule has 0 aromatic rings. The molecular formula is C35H63N2O4+. The predicted molar refractivity (Wildman–Crippen MR) is 166 cm³/mol. The van der Waals surface area contributed by atoms with Crippen LogP contribution in [0.15, 0.2) is 11.6 Å². The molecule has 0 radical (unpaired) electrons. The Bertz CT molecular complexity index is 899. The summed E-state index contributed by atoms with van der Waals surface area (Å²) in [5, 5.41) is 21.8.